The third kappa shape index (κ3) is 4.51. The zero-order valence-electron chi connectivity index (χ0n) is 11.2. The fraction of sp³-hybridized carbons (Fsp3) is 0.429. The van der Waals surface area contributed by atoms with Gasteiger partial charge in [-0.1, -0.05) is 30.3 Å². The number of nitrogens with one attached hydrogen (secondary N) is 1. The van der Waals surface area contributed by atoms with Crippen LogP contribution in [0.4, 0.5) is 0 Å². The van der Waals surface area contributed by atoms with Crippen molar-refractivity contribution < 1.29 is 9.59 Å². The van der Waals surface area contributed by atoms with E-state index in [1.807, 2.05) is 30.3 Å². The lowest BCUT2D eigenvalue weighted by Gasteiger charge is -2.17. The smallest absolute Gasteiger partial charge is 0.239 e. The second kappa shape index (κ2) is 7.87. The molecule has 0 saturated carbocycles. The van der Waals surface area contributed by atoms with Crippen LogP contribution in [-0.4, -0.2) is 36.3 Å². The van der Waals surface area contributed by atoms with Crippen LogP contribution in [0.3, 0.4) is 0 Å². The third-order valence-corrected chi connectivity index (χ3v) is 3.25. The Labute approximate surface area is 124 Å². The minimum atomic E-state index is -0.223. The number of hydrogen-bond donors (Lipinski definition) is 2. The summed E-state index contributed by atoms with van der Waals surface area (Å²) in [6, 6.07) is 9.40. The lowest BCUT2D eigenvalue weighted by atomic mass is 10.1. The maximum Gasteiger partial charge on any atom is 0.239 e. The van der Waals surface area contributed by atoms with Gasteiger partial charge in [-0.3, -0.25) is 9.59 Å². The van der Waals surface area contributed by atoms with Crippen molar-refractivity contribution in [3.8, 4) is 0 Å². The molecule has 0 aliphatic carbocycles. The number of benzene rings is 1. The van der Waals surface area contributed by atoms with Gasteiger partial charge in [0, 0.05) is 25.6 Å². The molecule has 3 N–H and O–H groups in total. The Balaban J connectivity index is 0.00000200. The Bertz CT molecular complexity index is 453. The Morgan fingerprint density at radius 3 is 2.65 bits per heavy atom. The van der Waals surface area contributed by atoms with E-state index >= 15 is 0 Å². The standard InChI is InChI=1S/C14H19N3O2.ClH/c15-12(11-5-2-1-3-6-11)9-16-13(18)10-17-8-4-7-14(17)19;/h1-3,5-6,12H,4,7-10,15H2,(H,16,18);1H. The lowest BCUT2D eigenvalue weighted by molar-refractivity contribution is -0.133. The van der Waals surface area contributed by atoms with Gasteiger partial charge in [0.15, 0.2) is 0 Å². The lowest BCUT2D eigenvalue weighted by Crippen LogP contribution is -2.40. The van der Waals surface area contributed by atoms with Gasteiger partial charge in [0.25, 0.3) is 0 Å². The van der Waals surface area contributed by atoms with E-state index in [9.17, 15) is 9.59 Å². The normalized spacial score (nSPS) is 15.7. The molecule has 1 aliphatic heterocycles. The number of nitrogens with two attached hydrogens (primary N) is 1. The summed E-state index contributed by atoms with van der Waals surface area (Å²) in [6.07, 6.45) is 1.40. The summed E-state index contributed by atoms with van der Waals surface area (Å²) in [5, 5.41) is 2.77. The van der Waals surface area contributed by atoms with E-state index in [4.69, 9.17) is 5.73 Å². The summed E-state index contributed by atoms with van der Waals surface area (Å²) in [7, 11) is 0. The number of halogens is 1. The number of nitrogens with zero attached hydrogens (tertiary/aromatic N) is 1. The van der Waals surface area contributed by atoms with Gasteiger partial charge in [-0.25, -0.2) is 0 Å². The molecular weight excluding hydrogens is 278 g/mol. The van der Waals surface area contributed by atoms with Crippen molar-refractivity contribution in [2.24, 2.45) is 5.73 Å². The van der Waals surface area contributed by atoms with E-state index in [2.05, 4.69) is 5.32 Å². The first-order valence-corrected chi connectivity index (χ1v) is 6.52. The molecule has 1 atom stereocenters. The Kier molecular flexibility index (Phi) is 6.48. The van der Waals surface area contributed by atoms with E-state index in [-0.39, 0.29) is 36.8 Å². The first-order chi connectivity index (χ1) is 9.16. The van der Waals surface area contributed by atoms with Crippen molar-refractivity contribution in [2.45, 2.75) is 18.9 Å². The van der Waals surface area contributed by atoms with Gasteiger partial charge < -0.3 is 16.0 Å². The molecule has 20 heavy (non-hydrogen) atoms. The number of carbonyl (C=O) groups excluding carboxylic acids is 2. The Hall–Kier alpha value is -1.59. The predicted octanol–water partition coefficient (Wildman–Crippen LogP) is 0.847. The van der Waals surface area contributed by atoms with Crippen molar-refractivity contribution in [2.75, 3.05) is 19.6 Å². The van der Waals surface area contributed by atoms with Gasteiger partial charge in [-0.15, -0.1) is 12.4 Å². The van der Waals surface area contributed by atoms with Gasteiger partial charge in [0.05, 0.1) is 6.54 Å². The zero-order chi connectivity index (χ0) is 13.7. The molecule has 110 valence electrons. The SMILES string of the molecule is Cl.NC(CNC(=O)CN1CCCC1=O)c1ccccc1. The predicted molar refractivity (Wildman–Crippen MR) is 79.4 cm³/mol. The van der Waals surface area contributed by atoms with E-state index in [1.54, 1.807) is 4.90 Å². The average molecular weight is 298 g/mol. The number of rotatable bonds is 5. The summed E-state index contributed by atoms with van der Waals surface area (Å²) in [4.78, 5) is 24.7. The highest BCUT2D eigenvalue weighted by molar-refractivity contribution is 5.86. The highest BCUT2D eigenvalue weighted by atomic mass is 35.5. The summed E-state index contributed by atoms with van der Waals surface area (Å²) in [5.74, 6) is -0.0934. The highest BCUT2D eigenvalue weighted by Gasteiger charge is 2.22. The molecule has 0 bridgehead atoms. The van der Waals surface area contributed by atoms with Crippen LogP contribution in [0.15, 0.2) is 30.3 Å². The van der Waals surface area contributed by atoms with Crippen molar-refractivity contribution in [3.63, 3.8) is 0 Å². The van der Waals surface area contributed by atoms with E-state index in [1.165, 1.54) is 0 Å². The largest absolute Gasteiger partial charge is 0.353 e. The van der Waals surface area contributed by atoms with Gasteiger partial charge in [-0.2, -0.15) is 0 Å². The minimum Gasteiger partial charge on any atom is -0.353 e. The van der Waals surface area contributed by atoms with Gasteiger partial charge >= 0.3 is 0 Å². The zero-order valence-corrected chi connectivity index (χ0v) is 12.1. The van der Waals surface area contributed by atoms with Crippen LogP contribution in [0.1, 0.15) is 24.4 Å². The minimum absolute atomic E-state index is 0. The summed E-state index contributed by atoms with van der Waals surface area (Å²) >= 11 is 0. The molecule has 2 amide bonds. The molecule has 1 aliphatic rings. The fourth-order valence-corrected chi connectivity index (χ4v) is 2.14. The second-order valence-corrected chi connectivity index (χ2v) is 4.74. The molecule has 0 spiro atoms. The van der Waals surface area contributed by atoms with Crippen LogP contribution in [0, 0.1) is 0 Å². The molecule has 1 aromatic rings. The summed E-state index contributed by atoms with van der Waals surface area (Å²) in [5.41, 5.74) is 6.97. The topological polar surface area (TPSA) is 75.4 Å². The van der Waals surface area contributed by atoms with Gasteiger partial charge in [-0.05, 0) is 12.0 Å². The van der Waals surface area contributed by atoms with E-state index in [0.717, 1.165) is 12.0 Å². The van der Waals surface area contributed by atoms with Crippen LogP contribution in [-0.2, 0) is 9.59 Å². The molecule has 1 fully saturated rings. The molecule has 2 rings (SSSR count). The molecule has 1 saturated heterocycles. The fourth-order valence-electron chi connectivity index (χ4n) is 2.14. The van der Waals surface area contributed by atoms with Crippen molar-refractivity contribution in [1.82, 2.24) is 10.2 Å². The van der Waals surface area contributed by atoms with Crippen molar-refractivity contribution in [3.05, 3.63) is 35.9 Å². The maximum absolute atomic E-state index is 11.7. The number of amides is 2. The molecule has 1 unspecified atom stereocenters. The molecular formula is C14H20ClN3O2. The van der Waals surface area contributed by atoms with Crippen molar-refractivity contribution >= 4 is 24.2 Å². The van der Waals surface area contributed by atoms with Crippen LogP contribution in [0.2, 0.25) is 0 Å². The Morgan fingerprint density at radius 1 is 1.35 bits per heavy atom. The van der Waals surface area contributed by atoms with Crippen LogP contribution < -0.4 is 11.1 Å². The monoisotopic (exact) mass is 297 g/mol. The molecule has 6 heteroatoms. The molecule has 1 aromatic carbocycles. The van der Waals surface area contributed by atoms with Crippen LogP contribution >= 0.6 is 12.4 Å². The number of carbonyl (C=O) groups is 2. The molecule has 0 aromatic heterocycles. The second-order valence-electron chi connectivity index (χ2n) is 4.74. The van der Waals surface area contributed by atoms with E-state index < -0.39 is 0 Å². The third-order valence-electron chi connectivity index (χ3n) is 3.25. The van der Waals surface area contributed by atoms with Gasteiger partial charge in [0.1, 0.15) is 0 Å². The van der Waals surface area contributed by atoms with E-state index in [0.29, 0.717) is 19.5 Å². The molecule has 0 radical (unpaired) electrons. The first-order valence-electron chi connectivity index (χ1n) is 6.52. The summed E-state index contributed by atoms with van der Waals surface area (Å²) < 4.78 is 0. The Morgan fingerprint density at radius 2 is 2.05 bits per heavy atom. The van der Waals surface area contributed by atoms with Crippen LogP contribution in [0.25, 0.3) is 0 Å². The first kappa shape index (κ1) is 16.5. The highest BCUT2D eigenvalue weighted by Crippen LogP contribution is 2.09. The molecule has 5 nitrogen and oxygen atoms in total. The van der Waals surface area contributed by atoms with Crippen molar-refractivity contribution in [1.29, 1.82) is 0 Å². The number of likely N-dealkylation sites (tertiary alicyclic amines) is 1. The average Bonchev–Trinajstić information content (AvgIpc) is 2.82. The summed E-state index contributed by atoms with van der Waals surface area (Å²) in [6.45, 7) is 1.20. The van der Waals surface area contributed by atoms with Gasteiger partial charge in [0.2, 0.25) is 11.8 Å². The van der Waals surface area contributed by atoms with Crippen LogP contribution in [0.5, 0.6) is 0 Å². The quantitative estimate of drug-likeness (QED) is 0.846. The maximum atomic E-state index is 11.7. The number of hydrogen-bond acceptors (Lipinski definition) is 3. The molecule has 1 heterocycles.